The number of ketones is 1. The minimum absolute atomic E-state index is 0.113. The molecule has 1 aromatic heterocycles. The van der Waals surface area contributed by atoms with Crippen molar-refractivity contribution >= 4 is 28.9 Å². The number of anilines is 3. The Balaban J connectivity index is 1.86. The van der Waals surface area contributed by atoms with E-state index in [4.69, 9.17) is 0 Å². The Labute approximate surface area is 146 Å². The van der Waals surface area contributed by atoms with Gasteiger partial charge in [-0.05, 0) is 38.1 Å². The van der Waals surface area contributed by atoms with E-state index in [9.17, 15) is 9.59 Å². The highest BCUT2D eigenvalue weighted by Gasteiger charge is 2.55. The number of rotatable bonds is 3. The number of para-hydroxylation sites is 2. The summed E-state index contributed by atoms with van der Waals surface area (Å²) >= 11 is 0. The number of carbonyl (C=O) groups excluding carboxylic acids is 2. The second-order valence-electron chi connectivity index (χ2n) is 6.37. The standard InChI is InChI=1S/C19H20N4O2/c1-3-22-14-9-5-4-8-13(14)21-18-17(22)16(12(2)24)19(25)23(18)15-10-6-7-11-20-15/h4-11,16-18,21H,3H2,1-2H3/t16-,17-,18+/m1/s1. The molecule has 1 saturated heterocycles. The summed E-state index contributed by atoms with van der Waals surface area (Å²) in [5.41, 5.74) is 1.98. The molecule has 25 heavy (non-hydrogen) atoms. The highest BCUT2D eigenvalue weighted by Crippen LogP contribution is 2.42. The molecule has 2 aliphatic heterocycles. The Kier molecular flexibility index (Phi) is 3.67. The number of fused-ring (bicyclic) bond motifs is 2. The molecule has 1 N–H and O–H groups in total. The van der Waals surface area contributed by atoms with Gasteiger partial charge in [-0.1, -0.05) is 18.2 Å². The van der Waals surface area contributed by atoms with Crippen molar-refractivity contribution in [2.75, 3.05) is 21.7 Å². The number of carbonyl (C=O) groups is 2. The van der Waals surface area contributed by atoms with Crippen molar-refractivity contribution in [3.63, 3.8) is 0 Å². The van der Waals surface area contributed by atoms with Gasteiger partial charge in [0, 0.05) is 12.7 Å². The molecular formula is C19H20N4O2. The van der Waals surface area contributed by atoms with E-state index in [1.165, 1.54) is 6.92 Å². The molecule has 1 aromatic carbocycles. The van der Waals surface area contributed by atoms with Crippen LogP contribution in [-0.2, 0) is 9.59 Å². The van der Waals surface area contributed by atoms with Crippen LogP contribution in [0.25, 0.3) is 0 Å². The van der Waals surface area contributed by atoms with E-state index in [2.05, 4.69) is 15.2 Å². The molecule has 2 aliphatic rings. The Morgan fingerprint density at radius 2 is 1.96 bits per heavy atom. The van der Waals surface area contributed by atoms with Gasteiger partial charge in [-0.3, -0.25) is 14.5 Å². The Bertz CT molecular complexity index is 823. The lowest BCUT2D eigenvalue weighted by molar-refractivity contribution is -0.129. The van der Waals surface area contributed by atoms with Crippen molar-refractivity contribution in [1.29, 1.82) is 0 Å². The van der Waals surface area contributed by atoms with E-state index in [1.807, 2.05) is 43.3 Å². The average Bonchev–Trinajstić information content (AvgIpc) is 2.92. The highest BCUT2D eigenvalue weighted by atomic mass is 16.2. The molecule has 0 radical (unpaired) electrons. The van der Waals surface area contributed by atoms with Gasteiger partial charge in [0.2, 0.25) is 5.91 Å². The molecule has 0 bridgehead atoms. The molecule has 6 heteroatoms. The zero-order chi connectivity index (χ0) is 17.6. The second kappa shape index (κ2) is 5.88. The van der Waals surface area contributed by atoms with Crippen LogP contribution in [-0.4, -0.2) is 35.4 Å². The Morgan fingerprint density at radius 1 is 1.20 bits per heavy atom. The number of nitrogens with zero attached hydrogens (tertiary/aromatic N) is 3. The molecule has 4 rings (SSSR count). The number of amides is 1. The summed E-state index contributed by atoms with van der Waals surface area (Å²) in [5.74, 6) is -0.444. The molecule has 128 valence electrons. The minimum Gasteiger partial charge on any atom is -0.362 e. The molecule has 2 aromatic rings. The fourth-order valence-corrected chi connectivity index (χ4v) is 3.98. The highest BCUT2D eigenvalue weighted by molar-refractivity contribution is 6.12. The van der Waals surface area contributed by atoms with Crippen molar-refractivity contribution < 1.29 is 9.59 Å². The van der Waals surface area contributed by atoms with E-state index in [1.54, 1.807) is 17.2 Å². The molecule has 0 spiro atoms. The van der Waals surface area contributed by atoms with Gasteiger partial charge in [0.15, 0.2) is 0 Å². The van der Waals surface area contributed by atoms with Crippen LogP contribution in [0.3, 0.4) is 0 Å². The zero-order valence-electron chi connectivity index (χ0n) is 14.2. The summed E-state index contributed by atoms with van der Waals surface area (Å²) in [6.45, 7) is 4.26. The molecule has 1 amide bonds. The smallest absolute Gasteiger partial charge is 0.242 e. The van der Waals surface area contributed by atoms with Gasteiger partial charge < -0.3 is 10.2 Å². The first-order chi connectivity index (χ1) is 12.1. The lowest BCUT2D eigenvalue weighted by atomic mass is 9.93. The molecule has 6 nitrogen and oxygen atoms in total. The number of Topliss-reactive ketones (excluding diaryl/α,β-unsaturated/α-hetero) is 1. The zero-order valence-corrected chi connectivity index (χ0v) is 14.2. The van der Waals surface area contributed by atoms with Crippen LogP contribution in [0.2, 0.25) is 0 Å². The third-order valence-electron chi connectivity index (χ3n) is 5.00. The maximum absolute atomic E-state index is 13.1. The van der Waals surface area contributed by atoms with Gasteiger partial charge in [0.1, 0.15) is 23.7 Å². The largest absolute Gasteiger partial charge is 0.362 e. The summed E-state index contributed by atoms with van der Waals surface area (Å²) < 4.78 is 0. The SMILES string of the molecule is CCN1c2ccccc2N[C@@H]2[C@H]1[C@@H](C(C)=O)C(=O)N2c1ccccn1. The van der Waals surface area contributed by atoms with Crippen LogP contribution in [0.15, 0.2) is 48.7 Å². The van der Waals surface area contributed by atoms with E-state index < -0.39 is 5.92 Å². The molecule has 0 unspecified atom stereocenters. The molecule has 0 saturated carbocycles. The molecule has 3 atom stereocenters. The monoisotopic (exact) mass is 336 g/mol. The molecule has 1 fully saturated rings. The topological polar surface area (TPSA) is 65.5 Å². The summed E-state index contributed by atoms with van der Waals surface area (Å²) in [7, 11) is 0. The maximum Gasteiger partial charge on any atom is 0.242 e. The number of aromatic nitrogens is 1. The summed E-state index contributed by atoms with van der Waals surface area (Å²) in [6, 6.07) is 13.2. The van der Waals surface area contributed by atoms with Crippen molar-refractivity contribution in [1.82, 2.24) is 4.98 Å². The lowest BCUT2D eigenvalue weighted by Gasteiger charge is -2.43. The van der Waals surface area contributed by atoms with Gasteiger partial charge in [0.05, 0.1) is 17.4 Å². The lowest BCUT2D eigenvalue weighted by Crippen LogP contribution is -2.55. The Morgan fingerprint density at radius 3 is 2.64 bits per heavy atom. The maximum atomic E-state index is 13.1. The first kappa shape index (κ1) is 15.6. The molecular weight excluding hydrogens is 316 g/mol. The number of hydrogen-bond acceptors (Lipinski definition) is 5. The normalized spacial score (nSPS) is 24.6. The average molecular weight is 336 g/mol. The number of pyridine rings is 1. The quantitative estimate of drug-likeness (QED) is 0.871. The third kappa shape index (κ3) is 2.28. The van der Waals surface area contributed by atoms with Gasteiger partial charge >= 0.3 is 0 Å². The summed E-state index contributed by atoms with van der Waals surface area (Å²) in [4.78, 5) is 33.6. The summed E-state index contributed by atoms with van der Waals surface area (Å²) in [6.07, 6.45) is 1.33. The second-order valence-corrected chi connectivity index (χ2v) is 6.37. The van der Waals surface area contributed by atoms with Gasteiger partial charge in [-0.15, -0.1) is 0 Å². The van der Waals surface area contributed by atoms with Crippen LogP contribution in [0.1, 0.15) is 13.8 Å². The van der Waals surface area contributed by atoms with Crippen LogP contribution >= 0.6 is 0 Å². The first-order valence-corrected chi connectivity index (χ1v) is 8.50. The van der Waals surface area contributed by atoms with Gasteiger partial charge in [-0.2, -0.15) is 0 Å². The predicted molar refractivity (Wildman–Crippen MR) is 96.6 cm³/mol. The number of nitrogens with one attached hydrogen (secondary N) is 1. The predicted octanol–water partition coefficient (Wildman–Crippen LogP) is 2.28. The van der Waals surface area contributed by atoms with E-state index in [0.717, 1.165) is 11.4 Å². The van der Waals surface area contributed by atoms with Crippen molar-refractivity contribution in [2.24, 2.45) is 5.92 Å². The fraction of sp³-hybridized carbons (Fsp3) is 0.316. The van der Waals surface area contributed by atoms with Crippen LogP contribution in [0.4, 0.5) is 17.2 Å². The molecule has 0 aliphatic carbocycles. The van der Waals surface area contributed by atoms with Gasteiger partial charge in [-0.25, -0.2) is 4.98 Å². The molecule has 3 heterocycles. The fourth-order valence-electron chi connectivity index (χ4n) is 3.98. The van der Waals surface area contributed by atoms with Gasteiger partial charge in [0.25, 0.3) is 0 Å². The number of benzene rings is 1. The minimum atomic E-state index is -0.701. The third-order valence-corrected chi connectivity index (χ3v) is 5.00. The van der Waals surface area contributed by atoms with E-state index >= 15 is 0 Å². The number of likely N-dealkylation sites (N-methyl/N-ethyl adjacent to an activating group) is 1. The van der Waals surface area contributed by atoms with Crippen LogP contribution < -0.4 is 15.1 Å². The van der Waals surface area contributed by atoms with E-state index in [-0.39, 0.29) is 23.9 Å². The Hall–Kier alpha value is -2.89. The first-order valence-electron chi connectivity index (χ1n) is 8.50. The van der Waals surface area contributed by atoms with Crippen LogP contribution in [0, 0.1) is 5.92 Å². The van der Waals surface area contributed by atoms with Crippen molar-refractivity contribution in [3.8, 4) is 0 Å². The van der Waals surface area contributed by atoms with Crippen molar-refractivity contribution in [3.05, 3.63) is 48.7 Å². The van der Waals surface area contributed by atoms with Crippen LogP contribution in [0.5, 0.6) is 0 Å². The number of hydrogen-bond donors (Lipinski definition) is 1. The van der Waals surface area contributed by atoms with E-state index in [0.29, 0.717) is 12.4 Å². The summed E-state index contributed by atoms with van der Waals surface area (Å²) in [5, 5.41) is 3.46. The van der Waals surface area contributed by atoms with Crippen molar-refractivity contribution in [2.45, 2.75) is 26.1 Å².